The van der Waals surface area contributed by atoms with Crippen LogP contribution in [0.1, 0.15) is 34.5 Å². The van der Waals surface area contributed by atoms with Crippen LogP contribution in [0.3, 0.4) is 0 Å². The summed E-state index contributed by atoms with van der Waals surface area (Å²) >= 11 is 0. The van der Waals surface area contributed by atoms with Crippen molar-refractivity contribution < 1.29 is 15.0 Å². The Balaban J connectivity index is 2.93. The minimum Gasteiger partial charge on any atom is -0.390 e. The number of hydrogen-bond acceptors (Lipinski definition) is 4. The standard InChI is InChI=1S/C12H15N3O3/c1-7-5-9(3-4-10(7)8(2)16)12(18)11(17)6-14-15-13/h3-5,11-12,17-18H,6H2,1-2H3. The van der Waals surface area contributed by atoms with Crippen molar-refractivity contribution in [3.05, 3.63) is 45.3 Å². The zero-order valence-corrected chi connectivity index (χ0v) is 10.2. The Kier molecular flexibility index (Phi) is 4.85. The molecular weight excluding hydrogens is 234 g/mol. The molecule has 0 saturated carbocycles. The molecule has 96 valence electrons. The van der Waals surface area contributed by atoms with Crippen molar-refractivity contribution in [1.82, 2.24) is 0 Å². The molecule has 18 heavy (non-hydrogen) atoms. The van der Waals surface area contributed by atoms with Crippen LogP contribution in [0.5, 0.6) is 0 Å². The predicted octanol–water partition coefficient (Wildman–Crippen LogP) is 1.90. The van der Waals surface area contributed by atoms with Gasteiger partial charge in [0.2, 0.25) is 0 Å². The lowest BCUT2D eigenvalue weighted by molar-refractivity contribution is 0.0244. The summed E-state index contributed by atoms with van der Waals surface area (Å²) in [7, 11) is 0. The van der Waals surface area contributed by atoms with Crippen LogP contribution < -0.4 is 0 Å². The largest absolute Gasteiger partial charge is 0.390 e. The van der Waals surface area contributed by atoms with Gasteiger partial charge < -0.3 is 10.2 Å². The lowest BCUT2D eigenvalue weighted by Crippen LogP contribution is -2.21. The summed E-state index contributed by atoms with van der Waals surface area (Å²) in [5.74, 6) is -0.0526. The molecular formula is C12H15N3O3. The molecule has 1 aromatic carbocycles. The fourth-order valence-electron chi connectivity index (χ4n) is 1.71. The van der Waals surface area contributed by atoms with Crippen LogP contribution in [0.25, 0.3) is 10.4 Å². The Labute approximate surface area is 105 Å². The highest BCUT2D eigenvalue weighted by Gasteiger charge is 2.18. The van der Waals surface area contributed by atoms with Gasteiger partial charge >= 0.3 is 0 Å². The van der Waals surface area contributed by atoms with E-state index in [4.69, 9.17) is 5.53 Å². The van der Waals surface area contributed by atoms with Crippen molar-refractivity contribution in [3.63, 3.8) is 0 Å². The molecule has 2 atom stereocenters. The van der Waals surface area contributed by atoms with E-state index in [0.29, 0.717) is 11.1 Å². The van der Waals surface area contributed by atoms with Crippen molar-refractivity contribution >= 4 is 5.78 Å². The summed E-state index contributed by atoms with van der Waals surface area (Å²) in [5, 5.41) is 22.6. The lowest BCUT2D eigenvalue weighted by Gasteiger charge is -2.17. The van der Waals surface area contributed by atoms with E-state index in [0.717, 1.165) is 5.56 Å². The van der Waals surface area contributed by atoms with Gasteiger partial charge in [0.15, 0.2) is 5.78 Å². The van der Waals surface area contributed by atoms with Gasteiger partial charge in [-0.3, -0.25) is 4.79 Å². The molecule has 0 fully saturated rings. The van der Waals surface area contributed by atoms with E-state index in [1.807, 2.05) is 0 Å². The van der Waals surface area contributed by atoms with Gasteiger partial charge in [-0.1, -0.05) is 23.3 Å². The first-order valence-corrected chi connectivity index (χ1v) is 5.46. The third kappa shape index (κ3) is 3.30. The van der Waals surface area contributed by atoms with Gasteiger partial charge in [-0.25, -0.2) is 0 Å². The van der Waals surface area contributed by atoms with Crippen LogP contribution in [0.2, 0.25) is 0 Å². The van der Waals surface area contributed by atoms with Crippen LogP contribution in [0.4, 0.5) is 0 Å². The SMILES string of the molecule is CC(=O)c1ccc(C(O)C(O)CN=[N+]=[N-])cc1C. The average molecular weight is 249 g/mol. The quantitative estimate of drug-likeness (QED) is 0.360. The van der Waals surface area contributed by atoms with Crippen LogP contribution in [-0.2, 0) is 0 Å². The van der Waals surface area contributed by atoms with Gasteiger partial charge in [-0.05, 0) is 30.5 Å². The molecule has 0 heterocycles. The van der Waals surface area contributed by atoms with Gasteiger partial charge in [0.1, 0.15) is 6.10 Å². The Bertz CT molecular complexity index is 495. The third-order valence-electron chi connectivity index (χ3n) is 2.67. The molecule has 0 aliphatic rings. The number of ketones is 1. The maximum absolute atomic E-state index is 11.3. The molecule has 0 amide bonds. The van der Waals surface area contributed by atoms with E-state index in [-0.39, 0.29) is 12.3 Å². The van der Waals surface area contributed by atoms with Crippen molar-refractivity contribution in [3.8, 4) is 0 Å². The zero-order chi connectivity index (χ0) is 13.7. The maximum atomic E-state index is 11.3. The molecule has 1 aromatic rings. The smallest absolute Gasteiger partial charge is 0.160 e. The summed E-state index contributed by atoms with van der Waals surface area (Å²) < 4.78 is 0. The molecule has 1 rings (SSSR count). The Morgan fingerprint density at radius 2 is 2.17 bits per heavy atom. The summed E-state index contributed by atoms with van der Waals surface area (Å²) in [6.07, 6.45) is -2.31. The highest BCUT2D eigenvalue weighted by molar-refractivity contribution is 5.95. The van der Waals surface area contributed by atoms with Crippen molar-refractivity contribution in [1.29, 1.82) is 0 Å². The normalized spacial score (nSPS) is 13.6. The summed E-state index contributed by atoms with van der Waals surface area (Å²) in [4.78, 5) is 13.8. The molecule has 0 radical (unpaired) electrons. The van der Waals surface area contributed by atoms with Crippen LogP contribution >= 0.6 is 0 Å². The number of nitrogens with zero attached hydrogens (tertiary/aromatic N) is 3. The fourth-order valence-corrected chi connectivity index (χ4v) is 1.71. The van der Waals surface area contributed by atoms with Gasteiger partial charge in [-0.15, -0.1) is 0 Å². The van der Waals surface area contributed by atoms with E-state index in [9.17, 15) is 15.0 Å². The van der Waals surface area contributed by atoms with Crippen molar-refractivity contribution in [2.45, 2.75) is 26.1 Å². The molecule has 0 bridgehead atoms. The number of carbonyl (C=O) groups excluding carboxylic acids is 1. The number of carbonyl (C=O) groups is 1. The molecule has 2 N–H and O–H groups in total. The van der Waals surface area contributed by atoms with Crippen LogP contribution in [0.15, 0.2) is 23.3 Å². The van der Waals surface area contributed by atoms with E-state index >= 15 is 0 Å². The number of aliphatic hydroxyl groups is 2. The van der Waals surface area contributed by atoms with Crippen molar-refractivity contribution in [2.75, 3.05) is 6.54 Å². The number of aryl methyl sites for hydroxylation is 1. The molecule has 0 aliphatic carbocycles. The fraction of sp³-hybridized carbons (Fsp3) is 0.417. The molecule has 0 aromatic heterocycles. The van der Waals surface area contributed by atoms with E-state index in [1.165, 1.54) is 6.92 Å². The first kappa shape index (κ1) is 14.2. The van der Waals surface area contributed by atoms with Gasteiger partial charge in [0, 0.05) is 10.5 Å². The minimum atomic E-state index is -1.16. The molecule has 6 heteroatoms. The third-order valence-corrected chi connectivity index (χ3v) is 2.67. The average Bonchev–Trinajstić information content (AvgIpc) is 2.34. The van der Waals surface area contributed by atoms with E-state index in [1.54, 1.807) is 25.1 Å². The second-order valence-electron chi connectivity index (χ2n) is 4.06. The van der Waals surface area contributed by atoms with Gasteiger partial charge in [-0.2, -0.15) is 0 Å². The molecule has 2 unspecified atom stereocenters. The van der Waals surface area contributed by atoms with Gasteiger partial charge in [0.05, 0.1) is 12.6 Å². The topological polar surface area (TPSA) is 106 Å². The lowest BCUT2D eigenvalue weighted by atomic mass is 9.97. The number of azide groups is 1. The van der Waals surface area contributed by atoms with E-state index in [2.05, 4.69) is 10.0 Å². The van der Waals surface area contributed by atoms with Crippen molar-refractivity contribution in [2.24, 2.45) is 5.11 Å². The van der Waals surface area contributed by atoms with Crippen LogP contribution in [0, 0.1) is 6.92 Å². The Morgan fingerprint density at radius 3 is 2.67 bits per heavy atom. The molecule has 6 nitrogen and oxygen atoms in total. The minimum absolute atomic E-state index is 0.0526. The first-order valence-electron chi connectivity index (χ1n) is 5.46. The zero-order valence-electron chi connectivity index (χ0n) is 10.2. The first-order chi connectivity index (χ1) is 8.47. The number of Topliss-reactive ketones (excluding diaryl/α,β-unsaturated/α-hetero) is 1. The number of rotatable bonds is 5. The summed E-state index contributed by atoms with van der Waals surface area (Å²) in [6.45, 7) is 3.02. The van der Waals surface area contributed by atoms with Gasteiger partial charge in [0.25, 0.3) is 0 Å². The Hall–Kier alpha value is -1.88. The Morgan fingerprint density at radius 1 is 1.50 bits per heavy atom. The second kappa shape index (κ2) is 6.16. The highest BCUT2D eigenvalue weighted by atomic mass is 16.3. The number of benzene rings is 1. The van der Waals surface area contributed by atoms with E-state index < -0.39 is 12.2 Å². The maximum Gasteiger partial charge on any atom is 0.160 e. The highest BCUT2D eigenvalue weighted by Crippen LogP contribution is 2.21. The summed E-state index contributed by atoms with van der Waals surface area (Å²) in [6, 6.07) is 4.82. The van der Waals surface area contributed by atoms with Crippen LogP contribution in [-0.4, -0.2) is 28.6 Å². The number of aliphatic hydroxyl groups excluding tert-OH is 2. The monoisotopic (exact) mass is 249 g/mol. The molecule has 0 aliphatic heterocycles. The molecule has 0 saturated heterocycles. The second-order valence-corrected chi connectivity index (χ2v) is 4.06. The number of hydrogen-bond donors (Lipinski definition) is 2. The summed E-state index contributed by atoms with van der Waals surface area (Å²) in [5.41, 5.74) is 9.93. The molecule has 0 spiro atoms. The predicted molar refractivity (Wildman–Crippen MR) is 66.2 cm³/mol.